The van der Waals surface area contributed by atoms with E-state index >= 15 is 0 Å². The summed E-state index contributed by atoms with van der Waals surface area (Å²) < 4.78 is 15.6. The number of amides is 1. The maximum absolute atomic E-state index is 11.9. The van der Waals surface area contributed by atoms with Crippen LogP contribution in [-0.4, -0.2) is 19.6 Å². The number of rotatable bonds is 5. The zero-order valence-electron chi connectivity index (χ0n) is 12.9. The van der Waals surface area contributed by atoms with Crippen molar-refractivity contribution in [3.05, 3.63) is 65.0 Å². The molecule has 0 radical (unpaired) electrons. The third kappa shape index (κ3) is 3.73. The number of ether oxygens (including phenoxy) is 2. The summed E-state index contributed by atoms with van der Waals surface area (Å²) in [6, 6.07) is 15.0. The zero-order valence-corrected chi connectivity index (χ0v) is 12.9. The van der Waals surface area contributed by atoms with Gasteiger partial charge in [0.1, 0.15) is 17.1 Å². The summed E-state index contributed by atoms with van der Waals surface area (Å²) in [5, 5.41) is 3.45. The topological polar surface area (TPSA) is 77.8 Å². The number of hydrogen-bond donors (Lipinski definition) is 1. The number of hydrogen-bond acceptors (Lipinski definition) is 5. The Kier molecular flexibility index (Phi) is 4.47. The van der Waals surface area contributed by atoms with Crippen molar-refractivity contribution >= 4 is 22.6 Å². The number of carbonyl (C=O) groups is 1. The fourth-order valence-electron chi connectivity index (χ4n) is 2.16. The summed E-state index contributed by atoms with van der Waals surface area (Å²) in [5.41, 5.74) is 0.720. The molecular formula is C18H15NO5. The van der Waals surface area contributed by atoms with Crippen molar-refractivity contribution in [1.29, 1.82) is 0 Å². The van der Waals surface area contributed by atoms with Crippen LogP contribution in [0.1, 0.15) is 0 Å². The van der Waals surface area contributed by atoms with Crippen molar-refractivity contribution in [2.75, 3.05) is 19.0 Å². The van der Waals surface area contributed by atoms with Gasteiger partial charge in [0.15, 0.2) is 6.61 Å². The fraction of sp³-hybridized carbons (Fsp3) is 0.111. The van der Waals surface area contributed by atoms with Crippen molar-refractivity contribution in [1.82, 2.24) is 0 Å². The van der Waals surface area contributed by atoms with Gasteiger partial charge in [-0.05, 0) is 48.5 Å². The molecule has 0 unspecified atom stereocenters. The minimum atomic E-state index is -0.407. The summed E-state index contributed by atoms with van der Waals surface area (Å²) >= 11 is 0. The molecule has 0 saturated heterocycles. The van der Waals surface area contributed by atoms with Gasteiger partial charge in [0, 0.05) is 17.1 Å². The van der Waals surface area contributed by atoms with Gasteiger partial charge in [-0.25, -0.2) is 4.79 Å². The van der Waals surface area contributed by atoms with Gasteiger partial charge in [-0.15, -0.1) is 0 Å². The van der Waals surface area contributed by atoms with E-state index in [1.165, 1.54) is 6.07 Å². The highest BCUT2D eigenvalue weighted by Gasteiger charge is 2.05. The van der Waals surface area contributed by atoms with E-state index in [-0.39, 0.29) is 12.5 Å². The van der Waals surface area contributed by atoms with Gasteiger partial charge < -0.3 is 19.2 Å². The quantitative estimate of drug-likeness (QED) is 0.730. The first kappa shape index (κ1) is 15.6. The lowest BCUT2D eigenvalue weighted by molar-refractivity contribution is -0.118. The van der Waals surface area contributed by atoms with Crippen molar-refractivity contribution < 1.29 is 18.7 Å². The van der Waals surface area contributed by atoms with Crippen LogP contribution >= 0.6 is 0 Å². The van der Waals surface area contributed by atoms with Crippen molar-refractivity contribution in [3.8, 4) is 11.5 Å². The maximum Gasteiger partial charge on any atom is 0.336 e. The number of methoxy groups -OCH3 is 1. The second kappa shape index (κ2) is 6.87. The fourth-order valence-corrected chi connectivity index (χ4v) is 2.16. The number of anilines is 1. The molecule has 0 aliphatic rings. The summed E-state index contributed by atoms with van der Waals surface area (Å²) in [7, 11) is 1.58. The third-order valence-corrected chi connectivity index (χ3v) is 3.33. The van der Waals surface area contributed by atoms with Crippen molar-refractivity contribution in [3.63, 3.8) is 0 Å². The summed E-state index contributed by atoms with van der Waals surface area (Å²) in [4.78, 5) is 23.1. The monoisotopic (exact) mass is 325 g/mol. The molecule has 3 aromatic rings. The molecule has 0 bridgehead atoms. The second-order valence-electron chi connectivity index (χ2n) is 5.02. The Labute approximate surface area is 137 Å². The Balaban J connectivity index is 1.61. The molecule has 1 aromatic heterocycles. The normalized spacial score (nSPS) is 10.4. The average Bonchev–Trinajstić information content (AvgIpc) is 2.60. The number of carbonyl (C=O) groups excluding carboxylic acids is 1. The van der Waals surface area contributed by atoms with E-state index in [1.807, 2.05) is 0 Å². The maximum atomic E-state index is 11.9. The molecule has 122 valence electrons. The molecule has 6 heteroatoms. The molecule has 0 spiro atoms. The van der Waals surface area contributed by atoms with E-state index < -0.39 is 5.63 Å². The number of benzene rings is 2. The minimum Gasteiger partial charge on any atom is -0.497 e. The average molecular weight is 325 g/mol. The highest BCUT2D eigenvalue weighted by Crippen LogP contribution is 2.19. The molecular weight excluding hydrogens is 310 g/mol. The van der Waals surface area contributed by atoms with Gasteiger partial charge in [0.25, 0.3) is 5.91 Å². The minimum absolute atomic E-state index is 0.131. The van der Waals surface area contributed by atoms with Gasteiger partial charge in [0.05, 0.1) is 7.11 Å². The Hall–Kier alpha value is -3.28. The molecule has 0 aliphatic heterocycles. The molecule has 1 heterocycles. The molecule has 0 atom stereocenters. The zero-order chi connectivity index (χ0) is 16.9. The molecule has 1 amide bonds. The van der Waals surface area contributed by atoms with Crippen LogP contribution in [0.25, 0.3) is 11.0 Å². The lowest BCUT2D eigenvalue weighted by Crippen LogP contribution is -2.20. The van der Waals surface area contributed by atoms with E-state index in [0.29, 0.717) is 22.8 Å². The first-order valence-electron chi connectivity index (χ1n) is 7.25. The van der Waals surface area contributed by atoms with Gasteiger partial charge in [-0.2, -0.15) is 0 Å². The molecule has 1 N–H and O–H groups in total. The van der Waals surface area contributed by atoms with Crippen LogP contribution in [-0.2, 0) is 4.79 Å². The molecule has 0 fully saturated rings. The van der Waals surface area contributed by atoms with Crippen LogP contribution in [0.2, 0.25) is 0 Å². The van der Waals surface area contributed by atoms with E-state index in [2.05, 4.69) is 5.32 Å². The van der Waals surface area contributed by atoms with Gasteiger partial charge in [-0.1, -0.05) is 0 Å². The Morgan fingerprint density at radius 3 is 2.54 bits per heavy atom. The predicted molar refractivity (Wildman–Crippen MR) is 89.6 cm³/mol. The largest absolute Gasteiger partial charge is 0.497 e. The summed E-state index contributed by atoms with van der Waals surface area (Å²) in [6.45, 7) is -0.131. The number of fused-ring (bicyclic) bond motifs is 1. The molecule has 0 saturated carbocycles. The van der Waals surface area contributed by atoms with Crippen LogP contribution < -0.4 is 20.4 Å². The molecule has 3 rings (SSSR count). The second-order valence-corrected chi connectivity index (χ2v) is 5.02. The lowest BCUT2D eigenvalue weighted by Gasteiger charge is -2.08. The molecule has 0 aliphatic carbocycles. The van der Waals surface area contributed by atoms with Crippen LogP contribution in [0.5, 0.6) is 11.5 Å². The van der Waals surface area contributed by atoms with Crippen LogP contribution in [0.15, 0.2) is 63.8 Å². The van der Waals surface area contributed by atoms with Gasteiger partial charge in [0.2, 0.25) is 0 Å². The van der Waals surface area contributed by atoms with Crippen LogP contribution in [0.4, 0.5) is 5.69 Å². The smallest absolute Gasteiger partial charge is 0.336 e. The Morgan fingerprint density at radius 1 is 1.04 bits per heavy atom. The summed E-state index contributed by atoms with van der Waals surface area (Å²) in [6.07, 6.45) is 0. The third-order valence-electron chi connectivity index (χ3n) is 3.33. The predicted octanol–water partition coefficient (Wildman–Crippen LogP) is 2.82. The van der Waals surface area contributed by atoms with E-state index in [0.717, 1.165) is 5.39 Å². The van der Waals surface area contributed by atoms with E-state index in [1.54, 1.807) is 55.6 Å². The van der Waals surface area contributed by atoms with Crippen molar-refractivity contribution in [2.24, 2.45) is 0 Å². The standard InChI is InChI=1S/C18H15NO5/c1-22-14-5-3-13(4-6-14)19-17(20)11-23-15-7-8-16-12(10-15)2-9-18(21)24-16/h2-10H,11H2,1H3,(H,19,20). The first-order chi connectivity index (χ1) is 11.6. The first-order valence-corrected chi connectivity index (χ1v) is 7.25. The number of nitrogens with one attached hydrogen (secondary N) is 1. The van der Waals surface area contributed by atoms with Crippen LogP contribution in [0.3, 0.4) is 0 Å². The highest BCUT2D eigenvalue weighted by molar-refractivity contribution is 5.92. The Bertz CT molecular complexity index is 915. The molecule has 24 heavy (non-hydrogen) atoms. The van der Waals surface area contributed by atoms with Crippen LogP contribution in [0, 0.1) is 0 Å². The highest BCUT2D eigenvalue weighted by atomic mass is 16.5. The molecule has 6 nitrogen and oxygen atoms in total. The van der Waals surface area contributed by atoms with Gasteiger partial charge in [-0.3, -0.25) is 4.79 Å². The molecule has 2 aromatic carbocycles. The van der Waals surface area contributed by atoms with Crippen molar-refractivity contribution in [2.45, 2.75) is 0 Å². The van der Waals surface area contributed by atoms with Gasteiger partial charge >= 0.3 is 5.63 Å². The lowest BCUT2D eigenvalue weighted by atomic mass is 10.2. The SMILES string of the molecule is COc1ccc(NC(=O)COc2ccc3oc(=O)ccc3c2)cc1. The Morgan fingerprint density at radius 2 is 1.79 bits per heavy atom. The van der Waals surface area contributed by atoms with E-state index in [9.17, 15) is 9.59 Å². The summed E-state index contributed by atoms with van der Waals surface area (Å²) in [5.74, 6) is 0.952. The van der Waals surface area contributed by atoms with E-state index in [4.69, 9.17) is 13.9 Å².